The molecule has 0 aliphatic rings. The Morgan fingerprint density at radius 2 is 1.21 bits per heavy atom. The van der Waals surface area contributed by atoms with Crippen molar-refractivity contribution in [1.29, 1.82) is 0 Å². The minimum absolute atomic E-state index is 0. The molecule has 0 saturated heterocycles. The molecule has 11 heteroatoms. The number of nitrogens with zero attached hydrogens (tertiary/aromatic N) is 2. The molecule has 4 rings (SSSR count). The molecular weight excluding hydrogens is 435 g/mol. The summed E-state index contributed by atoms with van der Waals surface area (Å²) in [6, 6.07) is 6.81. The molecule has 0 bridgehead atoms. The molecule has 8 nitrogen and oxygen atoms in total. The van der Waals surface area contributed by atoms with Crippen LogP contribution in [0.1, 0.15) is 0 Å². The van der Waals surface area contributed by atoms with Crippen LogP contribution in [0.5, 0.6) is 0 Å². The van der Waals surface area contributed by atoms with E-state index in [0.717, 1.165) is 0 Å². The topological polar surface area (TPSA) is 142 Å². The van der Waals surface area contributed by atoms with E-state index >= 15 is 0 Å². The first kappa shape index (κ1) is 23.0. The summed E-state index contributed by atoms with van der Waals surface area (Å²) >= 11 is 1.24. The number of nitrogens with two attached hydrogens (primary N) is 2. The van der Waals surface area contributed by atoms with Crippen LogP contribution < -0.4 is 33.0 Å². The molecule has 0 saturated carbocycles. The maximum absolute atomic E-state index is 13.3. The highest BCUT2D eigenvalue weighted by molar-refractivity contribution is 7.00. The second kappa shape index (κ2) is 9.47. The number of fused-ring (bicyclic) bond motifs is 3. The standard InChI is InChI=1S/C18H18N6O2S.2ClH/c19-5-7-21-13-11-12(14(22-8-6-20)16-15(13)23-27-24-16)18(26)10-4-2-1-3-9(10)17(11)25;;/h1-4,23-24H,5-8,19-20H2;2*1H. The van der Waals surface area contributed by atoms with Crippen molar-refractivity contribution < 1.29 is 0 Å². The number of benzene rings is 3. The molecule has 0 aliphatic carbocycles. The summed E-state index contributed by atoms with van der Waals surface area (Å²) in [5.74, 6) is 0. The van der Waals surface area contributed by atoms with Gasteiger partial charge in [-0.15, -0.1) is 24.8 Å². The average Bonchev–Trinajstić information content (AvgIpc) is 3.18. The zero-order valence-corrected chi connectivity index (χ0v) is 17.7. The van der Waals surface area contributed by atoms with Crippen LogP contribution in [0, 0.1) is 0 Å². The van der Waals surface area contributed by atoms with Crippen molar-refractivity contribution in [3.05, 3.63) is 55.4 Å². The molecule has 4 aromatic rings. The first-order valence-corrected chi connectivity index (χ1v) is 9.36. The van der Waals surface area contributed by atoms with Gasteiger partial charge >= 0.3 is 0 Å². The minimum Gasteiger partial charge on any atom is -0.329 e. The number of H-pyrrole nitrogens is 2. The van der Waals surface area contributed by atoms with E-state index in [-0.39, 0.29) is 46.4 Å². The Morgan fingerprint density at radius 1 is 0.793 bits per heavy atom. The van der Waals surface area contributed by atoms with E-state index in [0.29, 0.717) is 58.7 Å². The van der Waals surface area contributed by atoms with Gasteiger partial charge in [-0.2, -0.15) is 0 Å². The van der Waals surface area contributed by atoms with Gasteiger partial charge in [0, 0.05) is 35.6 Å². The molecule has 0 amide bonds. The molecule has 0 atom stereocenters. The van der Waals surface area contributed by atoms with Crippen LogP contribution in [-0.4, -0.2) is 34.9 Å². The van der Waals surface area contributed by atoms with E-state index in [2.05, 4.69) is 18.7 Å². The van der Waals surface area contributed by atoms with Crippen molar-refractivity contribution in [3.63, 3.8) is 0 Å². The van der Waals surface area contributed by atoms with Gasteiger partial charge in [-0.1, -0.05) is 24.3 Å². The van der Waals surface area contributed by atoms with Crippen molar-refractivity contribution in [2.24, 2.45) is 21.5 Å². The molecule has 0 fully saturated rings. The van der Waals surface area contributed by atoms with E-state index in [1.165, 1.54) is 11.7 Å². The van der Waals surface area contributed by atoms with E-state index in [1.54, 1.807) is 24.3 Å². The highest BCUT2D eigenvalue weighted by Crippen LogP contribution is 2.12. The van der Waals surface area contributed by atoms with Crippen molar-refractivity contribution in [1.82, 2.24) is 8.75 Å². The van der Waals surface area contributed by atoms with E-state index in [9.17, 15) is 9.59 Å². The lowest BCUT2D eigenvalue weighted by Gasteiger charge is -2.04. The first-order valence-electron chi connectivity index (χ1n) is 8.54. The normalized spacial score (nSPS) is 12.5. The number of halogens is 2. The second-order valence-corrected chi connectivity index (χ2v) is 6.66. The Labute approximate surface area is 180 Å². The van der Waals surface area contributed by atoms with Gasteiger partial charge in [-0.05, 0) is 0 Å². The first-order chi connectivity index (χ1) is 13.2. The van der Waals surface area contributed by atoms with Crippen LogP contribution in [0.3, 0.4) is 0 Å². The summed E-state index contributed by atoms with van der Waals surface area (Å²) in [6.45, 7) is 1.35. The van der Waals surface area contributed by atoms with Crippen LogP contribution in [0.25, 0.3) is 32.6 Å². The number of rotatable bonds is 4. The molecule has 1 heterocycles. The number of hydrogen-bond donors (Lipinski definition) is 4. The molecule has 154 valence electrons. The van der Waals surface area contributed by atoms with Crippen LogP contribution in [0.4, 0.5) is 0 Å². The van der Waals surface area contributed by atoms with E-state index in [4.69, 9.17) is 11.5 Å². The van der Waals surface area contributed by atoms with Crippen LogP contribution in [0.15, 0.2) is 43.8 Å². The van der Waals surface area contributed by atoms with Gasteiger partial charge in [0.25, 0.3) is 0 Å². The van der Waals surface area contributed by atoms with Gasteiger partial charge in [-0.25, -0.2) is 0 Å². The maximum Gasteiger partial charge on any atom is 0.196 e. The fourth-order valence-electron chi connectivity index (χ4n) is 3.31. The molecular formula is C18H20Cl2N6O2S. The van der Waals surface area contributed by atoms with Gasteiger partial charge in [-0.3, -0.25) is 28.3 Å². The molecule has 0 radical (unpaired) electrons. The molecule has 0 spiro atoms. The maximum atomic E-state index is 13.3. The fourth-order valence-corrected chi connectivity index (χ4v) is 3.96. The van der Waals surface area contributed by atoms with E-state index < -0.39 is 0 Å². The third kappa shape index (κ3) is 3.67. The highest BCUT2D eigenvalue weighted by Gasteiger charge is 2.18. The van der Waals surface area contributed by atoms with Crippen LogP contribution in [0.2, 0.25) is 0 Å². The summed E-state index contributed by atoms with van der Waals surface area (Å²) in [7, 11) is 0. The minimum atomic E-state index is -0.235. The lowest BCUT2D eigenvalue weighted by Crippen LogP contribution is -2.29. The van der Waals surface area contributed by atoms with Crippen molar-refractivity contribution in [3.8, 4) is 0 Å². The summed E-state index contributed by atoms with van der Waals surface area (Å²) in [4.78, 5) is 35.6. The van der Waals surface area contributed by atoms with Gasteiger partial charge in [0.15, 0.2) is 10.9 Å². The molecule has 6 N–H and O–H groups in total. The van der Waals surface area contributed by atoms with Crippen molar-refractivity contribution >= 4 is 69.1 Å². The quantitative estimate of drug-likeness (QED) is 0.334. The number of aromatic amines is 2. The fraction of sp³-hybridized carbons (Fsp3) is 0.222. The number of nitrogens with one attached hydrogen (secondary N) is 2. The molecule has 3 aromatic carbocycles. The number of aromatic nitrogens is 2. The van der Waals surface area contributed by atoms with E-state index in [1.807, 2.05) is 0 Å². The van der Waals surface area contributed by atoms with Gasteiger partial charge in [0.05, 0.1) is 34.6 Å². The molecule has 0 aliphatic heterocycles. The summed E-state index contributed by atoms with van der Waals surface area (Å²) in [5, 5.41) is 2.20. The Kier molecular flexibility index (Phi) is 7.50. The van der Waals surface area contributed by atoms with Crippen LogP contribution >= 0.6 is 36.5 Å². The van der Waals surface area contributed by atoms with Crippen LogP contribution in [-0.2, 0) is 0 Å². The average molecular weight is 455 g/mol. The molecule has 0 unspecified atom stereocenters. The lowest BCUT2D eigenvalue weighted by atomic mass is 10.00. The molecule has 1 aromatic heterocycles. The second-order valence-electron chi connectivity index (χ2n) is 6.05. The predicted octanol–water partition coefficient (Wildman–Crippen LogP) is 0.584. The van der Waals surface area contributed by atoms with Gasteiger partial charge in [0.2, 0.25) is 0 Å². The summed E-state index contributed by atoms with van der Waals surface area (Å²) < 4.78 is 6.24. The summed E-state index contributed by atoms with van der Waals surface area (Å²) in [5.41, 5.74) is 12.0. The summed E-state index contributed by atoms with van der Waals surface area (Å²) in [6.07, 6.45) is 0. The Morgan fingerprint density at radius 3 is 1.59 bits per heavy atom. The predicted molar refractivity (Wildman–Crippen MR) is 123 cm³/mol. The lowest BCUT2D eigenvalue weighted by molar-refractivity contribution is 0.944. The third-order valence-electron chi connectivity index (χ3n) is 4.42. The highest BCUT2D eigenvalue weighted by atomic mass is 35.5. The third-order valence-corrected chi connectivity index (χ3v) is 5.03. The Bertz CT molecular complexity index is 1300. The SMILES string of the molecule is Cl.Cl.NCCN=c1c2[nH]s[nH]c2c(=NCCN)c2c(=O)c3ccccc3c(=O)c12. The van der Waals surface area contributed by atoms with Crippen molar-refractivity contribution in [2.45, 2.75) is 0 Å². The molecule has 29 heavy (non-hydrogen) atoms. The number of hydrogen-bond acceptors (Lipinski definition) is 7. The Hall–Kier alpha value is -2.30. The van der Waals surface area contributed by atoms with Crippen molar-refractivity contribution in [2.75, 3.05) is 26.2 Å². The van der Waals surface area contributed by atoms with Gasteiger partial charge < -0.3 is 11.5 Å². The van der Waals surface area contributed by atoms with Gasteiger partial charge in [0.1, 0.15) is 11.0 Å². The largest absolute Gasteiger partial charge is 0.329 e. The zero-order valence-electron chi connectivity index (χ0n) is 15.2. The Balaban J connectivity index is 0.00000150. The monoisotopic (exact) mass is 454 g/mol. The zero-order chi connectivity index (χ0) is 19.0. The smallest absolute Gasteiger partial charge is 0.196 e.